The molecular formula is C10H17NO2S. The number of hydrogen-bond donors (Lipinski definition) is 1. The van der Waals surface area contributed by atoms with Crippen molar-refractivity contribution in [1.82, 2.24) is 5.48 Å². The molecule has 1 aliphatic heterocycles. The molecule has 1 N–H and O–H groups in total. The van der Waals surface area contributed by atoms with Crippen molar-refractivity contribution in [3.05, 3.63) is 0 Å². The van der Waals surface area contributed by atoms with Crippen LogP contribution in [0.4, 0.5) is 0 Å². The lowest BCUT2D eigenvalue weighted by atomic mass is 9.97. The Kier molecular flexibility index (Phi) is 3.70. The highest BCUT2D eigenvalue weighted by molar-refractivity contribution is 8.00. The van der Waals surface area contributed by atoms with Gasteiger partial charge in [-0.05, 0) is 37.9 Å². The van der Waals surface area contributed by atoms with E-state index in [1.807, 2.05) is 0 Å². The van der Waals surface area contributed by atoms with E-state index in [1.165, 1.54) is 19.3 Å². The molecule has 1 aliphatic carbocycles. The summed E-state index contributed by atoms with van der Waals surface area (Å²) in [4.78, 5) is 16.9. The second-order valence-electron chi connectivity index (χ2n) is 3.99. The van der Waals surface area contributed by atoms with Crippen LogP contribution in [0.5, 0.6) is 0 Å². The SMILES string of the molecule is O=C(NOC1CCC1)C1CCCCS1. The van der Waals surface area contributed by atoms with E-state index < -0.39 is 0 Å². The zero-order chi connectivity index (χ0) is 9.80. The predicted octanol–water partition coefficient (Wildman–Crippen LogP) is 1.87. The van der Waals surface area contributed by atoms with E-state index in [0.717, 1.165) is 25.0 Å². The summed E-state index contributed by atoms with van der Waals surface area (Å²) in [6.07, 6.45) is 7.14. The van der Waals surface area contributed by atoms with Crippen LogP contribution in [-0.2, 0) is 9.63 Å². The predicted molar refractivity (Wildman–Crippen MR) is 57.0 cm³/mol. The average Bonchev–Trinajstić information content (AvgIpc) is 2.16. The lowest BCUT2D eigenvalue weighted by molar-refractivity contribution is -0.142. The number of amides is 1. The first-order valence-corrected chi connectivity index (χ1v) is 6.48. The molecule has 0 spiro atoms. The quantitative estimate of drug-likeness (QED) is 0.730. The Labute approximate surface area is 88.9 Å². The zero-order valence-electron chi connectivity index (χ0n) is 8.33. The Morgan fingerprint density at radius 3 is 2.64 bits per heavy atom. The van der Waals surface area contributed by atoms with Crippen molar-refractivity contribution in [2.45, 2.75) is 49.9 Å². The third-order valence-corrected chi connectivity index (χ3v) is 4.23. The smallest absolute Gasteiger partial charge is 0.256 e. The van der Waals surface area contributed by atoms with Crippen LogP contribution in [0.15, 0.2) is 0 Å². The second-order valence-corrected chi connectivity index (χ2v) is 5.30. The molecule has 1 saturated carbocycles. The van der Waals surface area contributed by atoms with Gasteiger partial charge in [-0.3, -0.25) is 9.63 Å². The maximum Gasteiger partial charge on any atom is 0.256 e. The topological polar surface area (TPSA) is 38.3 Å². The van der Waals surface area contributed by atoms with E-state index in [0.29, 0.717) is 0 Å². The Morgan fingerprint density at radius 2 is 2.07 bits per heavy atom. The molecule has 14 heavy (non-hydrogen) atoms. The lowest BCUT2D eigenvalue weighted by Gasteiger charge is -2.26. The normalized spacial score (nSPS) is 28.1. The number of rotatable bonds is 3. The monoisotopic (exact) mass is 215 g/mol. The molecule has 1 heterocycles. The fourth-order valence-electron chi connectivity index (χ4n) is 1.64. The summed E-state index contributed by atoms with van der Waals surface area (Å²) in [7, 11) is 0. The van der Waals surface area contributed by atoms with Crippen LogP contribution in [0.3, 0.4) is 0 Å². The van der Waals surface area contributed by atoms with Crippen LogP contribution < -0.4 is 5.48 Å². The van der Waals surface area contributed by atoms with Crippen molar-refractivity contribution in [1.29, 1.82) is 0 Å². The second kappa shape index (κ2) is 5.03. The third-order valence-electron chi connectivity index (χ3n) is 2.85. The molecule has 0 aromatic heterocycles. The third kappa shape index (κ3) is 2.64. The van der Waals surface area contributed by atoms with Gasteiger partial charge < -0.3 is 0 Å². The molecule has 0 bridgehead atoms. The van der Waals surface area contributed by atoms with Gasteiger partial charge in [0.1, 0.15) is 0 Å². The van der Waals surface area contributed by atoms with E-state index >= 15 is 0 Å². The van der Waals surface area contributed by atoms with Gasteiger partial charge in [-0.25, -0.2) is 5.48 Å². The van der Waals surface area contributed by atoms with Crippen LogP contribution in [0.25, 0.3) is 0 Å². The molecule has 2 fully saturated rings. The molecule has 1 saturated heterocycles. The van der Waals surface area contributed by atoms with E-state index in [9.17, 15) is 4.79 Å². The van der Waals surface area contributed by atoms with Crippen molar-refractivity contribution in [3.63, 3.8) is 0 Å². The zero-order valence-corrected chi connectivity index (χ0v) is 9.15. The van der Waals surface area contributed by atoms with Gasteiger partial charge in [-0.2, -0.15) is 0 Å². The summed E-state index contributed by atoms with van der Waals surface area (Å²) in [5.74, 6) is 1.18. The average molecular weight is 215 g/mol. The Morgan fingerprint density at radius 1 is 1.21 bits per heavy atom. The van der Waals surface area contributed by atoms with Crippen molar-refractivity contribution in [3.8, 4) is 0 Å². The molecule has 3 nitrogen and oxygen atoms in total. The summed E-state index contributed by atoms with van der Waals surface area (Å²) in [5, 5.41) is 0.129. The number of carbonyl (C=O) groups is 1. The number of hydroxylamine groups is 1. The number of carbonyl (C=O) groups excluding carboxylic acids is 1. The maximum absolute atomic E-state index is 11.6. The molecule has 1 unspecified atom stereocenters. The van der Waals surface area contributed by atoms with Gasteiger partial charge in [0.25, 0.3) is 5.91 Å². The van der Waals surface area contributed by atoms with Crippen LogP contribution in [0.1, 0.15) is 38.5 Å². The summed E-state index contributed by atoms with van der Waals surface area (Å²) < 4.78 is 0. The van der Waals surface area contributed by atoms with Gasteiger partial charge in [-0.1, -0.05) is 6.42 Å². The standard InChI is InChI=1S/C10H17NO2S/c12-10(9-6-1-2-7-14-9)11-13-8-4-3-5-8/h8-9H,1-7H2,(H,11,12). The fraction of sp³-hybridized carbons (Fsp3) is 0.900. The number of nitrogens with one attached hydrogen (secondary N) is 1. The molecule has 2 rings (SSSR count). The molecule has 0 aromatic carbocycles. The van der Waals surface area contributed by atoms with E-state index in [-0.39, 0.29) is 17.3 Å². The van der Waals surface area contributed by atoms with Crippen molar-refractivity contribution in [2.24, 2.45) is 0 Å². The minimum absolute atomic E-state index is 0.0709. The summed E-state index contributed by atoms with van der Waals surface area (Å²) >= 11 is 1.76. The van der Waals surface area contributed by atoms with Gasteiger partial charge in [0.15, 0.2) is 0 Å². The van der Waals surface area contributed by atoms with Crippen LogP contribution in [-0.4, -0.2) is 23.0 Å². The Balaban J connectivity index is 1.65. The van der Waals surface area contributed by atoms with Gasteiger partial charge in [0.2, 0.25) is 0 Å². The largest absolute Gasteiger partial charge is 0.272 e. The van der Waals surface area contributed by atoms with Gasteiger partial charge in [0, 0.05) is 0 Å². The van der Waals surface area contributed by atoms with Gasteiger partial charge in [0.05, 0.1) is 11.4 Å². The number of thioether (sulfide) groups is 1. The maximum atomic E-state index is 11.6. The van der Waals surface area contributed by atoms with E-state index in [4.69, 9.17) is 4.84 Å². The molecule has 1 atom stereocenters. The summed E-state index contributed by atoms with van der Waals surface area (Å²) in [5.41, 5.74) is 2.59. The van der Waals surface area contributed by atoms with Gasteiger partial charge >= 0.3 is 0 Å². The Bertz CT molecular complexity index is 200. The first kappa shape index (κ1) is 10.3. The molecule has 1 amide bonds. The molecule has 80 valence electrons. The highest BCUT2D eigenvalue weighted by atomic mass is 32.2. The minimum Gasteiger partial charge on any atom is -0.272 e. The highest BCUT2D eigenvalue weighted by Crippen LogP contribution is 2.25. The van der Waals surface area contributed by atoms with Crippen molar-refractivity contribution in [2.75, 3.05) is 5.75 Å². The molecule has 4 heteroatoms. The van der Waals surface area contributed by atoms with Crippen LogP contribution in [0.2, 0.25) is 0 Å². The first-order valence-electron chi connectivity index (χ1n) is 5.43. The minimum atomic E-state index is 0.0709. The summed E-state index contributed by atoms with van der Waals surface area (Å²) in [6, 6.07) is 0. The molecule has 0 aromatic rings. The van der Waals surface area contributed by atoms with E-state index in [2.05, 4.69) is 5.48 Å². The molecule has 0 radical (unpaired) electrons. The van der Waals surface area contributed by atoms with Crippen LogP contribution in [0, 0.1) is 0 Å². The van der Waals surface area contributed by atoms with E-state index in [1.54, 1.807) is 11.8 Å². The number of hydrogen-bond acceptors (Lipinski definition) is 3. The summed E-state index contributed by atoms with van der Waals surface area (Å²) in [6.45, 7) is 0. The van der Waals surface area contributed by atoms with Crippen molar-refractivity contribution < 1.29 is 9.63 Å². The van der Waals surface area contributed by atoms with Crippen LogP contribution >= 0.6 is 11.8 Å². The molecule has 2 aliphatic rings. The molecular weight excluding hydrogens is 198 g/mol. The van der Waals surface area contributed by atoms with Crippen molar-refractivity contribution >= 4 is 17.7 Å². The first-order chi connectivity index (χ1) is 6.86. The highest BCUT2D eigenvalue weighted by Gasteiger charge is 2.24. The van der Waals surface area contributed by atoms with Gasteiger partial charge in [-0.15, -0.1) is 11.8 Å². The Hall–Kier alpha value is -0.220. The lowest BCUT2D eigenvalue weighted by Crippen LogP contribution is -2.38. The fourth-order valence-corrected chi connectivity index (χ4v) is 2.83.